The summed E-state index contributed by atoms with van der Waals surface area (Å²) in [6.07, 6.45) is 3.81. The second-order valence-electron chi connectivity index (χ2n) is 2.45. The molecule has 0 fully saturated rings. The van der Waals surface area contributed by atoms with Gasteiger partial charge in [0, 0.05) is 15.9 Å². The van der Waals surface area contributed by atoms with E-state index in [0.717, 1.165) is 10.9 Å². The minimum absolute atomic E-state index is 0.488. The van der Waals surface area contributed by atoms with Gasteiger partial charge in [-0.25, -0.2) is 0 Å². The molecule has 0 aliphatic rings. The van der Waals surface area contributed by atoms with Gasteiger partial charge in [0.15, 0.2) is 0 Å². The van der Waals surface area contributed by atoms with Crippen molar-refractivity contribution in [2.45, 2.75) is 0 Å². The molecule has 70 valence electrons. The summed E-state index contributed by atoms with van der Waals surface area (Å²) in [5.41, 5.74) is 7.14. The minimum Gasteiger partial charge on any atom is -0.397 e. The van der Waals surface area contributed by atoms with E-state index in [1.54, 1.807) is 12.1 Å². The van der Waals surface area contributed by atoms with Crippen LogP contribution >= 0.6 is 39.1 Å². The van der Waals surface area contributed by atoms with Gasteiger partial charge < -0.3 is 5.73 Å². The highest BCUT2D eigenvalue weighted by Gasteiger charge is 2.02. The number of halogens is 3. The average Bonchev–Trinajstić information content (AvgIpc) is 2.09. The Morgan fingerprint density at radius 1 is 1.38 bits per heavy atom. The standard InChI is InChI=1S/C9H8BrCl2N/c10-3-1-2-6-4-7(11)5-8(12)9(6)13/h1-2,4-5H,3,13H2. The lowest BCUT2D eigenvalue weighted by Crippen LogP contribution is -1.90. The minimum atomic E-state index is 0.488. The van der Waals surface area contributed by atoms with Crippen molar-refractivity contribution in [2.75, 3.05) is 11.1 Å². The number of nitrogen functional groups attached to an aromatic ring is 1. The molecular formula is C9H8BrCl2N. The molecule has 0 aromatic heterocycles. The molecule has 0 saturated heterocycles. The lowest BCUT2D eigenvalue weighted by Gasteiger charge is -2.03. The maximum Gasteiger partial charge on any atom is 0.0656 e. The molecule has 0 spiro atoms. The van der Waals surface area contributed by atoms with Crippen LogP contribution in [-0.2, 0) is 0 Å². The van der Waals surface area contributed by atoms with Crippen LogP contribution in [0.3, 0.4) is 0 Å². The summed E-state index contributed by atoms with van der Waals surface area (Å²) in [6, 6.07) is 3.41. The van der Waals surface area contributed by atoms with Gasteiger partial charge in [0.1, 0.15) is 0 Å². The van der Waals surface area contributed by atoms with Crippen molar-refractivity contribution in [3.8, 4) is 0 Å². The predicted octanol–water partition coefficient (Wildman–Crippen LogP) is 3.98. The van der Waals surface area contributed by atoms with Crippen LogP contribution < -0.4 is 5.73 Å². The van der Waals surface area contributed by atoms with Gasteiger partial charge >= 0.3 is 0 Å². The third kappa shape index (κ3) is 2.90. The van der Waals surface area contributed by atoms with Gasteiger partial charge in [0.05, 0.1) is 10.7 Å². The molecule has 13 heavy (non-hydrogen) atoms. The molecule has 0 saturated carbocycles. The molecule has 0 aliphatic heterocycles. The number of nitrogens with two attached hydrogens (primary N) is 1. The van der Waals surface area contributed by atoms with E-state index in [1.807, 2.05) is 12.2 Å². The Morgan fingerprint density at radius 2 is 2.08 bits per heavy atom. The molecule has 0 atom stereocenters. The Kier molecular flexibility index (Phi) is 4.10. The van der Waals surface area contributed by atoms with Crippen LogP contribution in [0.15, 0.2) is 18.2 Å². The smallest absolute Gasteiger partial charge is 0.0656 e. The van der Waals surface area contributed by atoms with E-state index in [0.29, 0.717) is 15.7 Å². The third-order valence-electron chi connectivity index (χ3n) is 1.51. The monoisotopic (exact) mass is 279 g/mol. The molecule has 0 aliphatic carbocycles. The summed E-state index contributed by atoms with van der Waals surface area (Å²) in [7, 11) is 0. The molecule has 0 heterocycles. The van der Waals surface area contributed by atoms with E-state index < -0.39 is 0 Å². The topological polar surface area (TPSA) is 26.0 Å². The summed E-state index contributed by atoms with van der Waals surface area (Å²) < 4.78 is 0. The fourth-order valence-corrected chi connectivity index (χ4v) is 1.61. The molecule has 0 amide bonds. The van der Waals surface area contributed by atoms with Gasteiger partial charge in [-0.1, -0.05) is 51.3 Å². The first-order valence-corrected chi connectivity index (χ1v) is 5.50. The third-order valence-corrected chi connectivity index (χ3v) is 2.42. The summed E-state index contributed by atoms with van der Waals surface area (Å²) in [4.78, 5) is 0. The zero-order chi connectivity index (χ0) is 9.84. The summed E-state index contributed by atoms with van der Waals surface area (Å²) >= 11 is 14.9. The Labute approximate surface area is 95.7 Å². The second kappa shape index (κ2) is 4.89. The Hall–Kier alpha value is -0.180. The molecule has 1 nitrogen and oxygen atoms in total. The zero-order valence-corrected chi connectivity index (χ0v) is 9.83. The fraction of sp³-hybridized carbons (Fsp3) is 0.111. The maximum atomic E-state index is 5.84. The normalized spacial score (nSPS) is 11.0. The highest BCUT2D eigenvalue weighted by Crippen LogP contribution is 2.28. The number of rotatable bonds is 2. The maximum absolute atomic E-state index is 5.84. The van der Waals surface area contributed by atoms with Crippen molar-refractivity contribution in [3.05, 3.63) is 33.8 Å². The molecule has 1 rings (SSSR count). The van der Waals surface area contributed by atoms with Crippen molar-refractivity contribution in [1.82, 2.24) is 0 Å². The highest BCUT2D eigenvalue weighted by atomic mass is 79.9. The molecule has 0 radical (unpaired) electrons. The number of hydrogen-bond acceptors (Lipinski definition) is 1. The molecule has 1 aromatic carbocycles. The number of anilines is 1. The Morgan fingerprint density at radius 3 is 2.69 bits per heavy atom. The Bertz CT molecular complexity index is 337. The van der Waals surface area contributed by atoms with E-state index in [9.17, 15) is 0 Å². The lowest BCUT2D eigenvalue weighted by atomic mass is 10.1. The molecule has 2 N–H and O–H groups in total. The molecule has 0 bridgehead atoms. The van der Waals surface area contributed by atoms with Crippen LogP contribution in [0.25, 0.3) is 6.08 Å². The lowest BCUT2D eigenvalue weighted by molar-refractivity contribution is 1.63. The van der Waals surface area contributed by atoms with Crippen LogP contribution in [0.5, 0.6) is 0 Å². The number of benzene rings is 1. The van der Waals surface area contributed by atoms with Crippen LogP contribution in [0.2, 0.25) is 10.0 Å². The molecular weight excluding hydrogens is 273 g/mol. The molecule has 0 unspecified atom stereocenters. The van der Waals surface area contributed by atoms with Gasteiger partial charge in [0.25, 0.3) is 0 Å². The van der Waals surface area contributed by atoms with E-state index in [1.165, 1.54) is 0 Å². The van der Waals surface area contributed by atoms with Crippen LogP contribution in [-0.4, -0.2) is 5.33 Å². The Balaban J connectivity index is 3.12. The first kappa shape index (κ1) is 10.9. The predicted molar refractivity (Wildman–Crippen MR) is 63.7 cm³/mol. The summed E-state index contributed by atoms with van der Waals surface area (Å²) in [5.74, 6) is 0. The SMILES string of the molecule is Nc1c(Cl)cc(Cl)cc1C=CCBr. The first-order valence-electron chi connectivity index (χ1n) is 3.62. The van der Waals surface area contributed by atoms with Gasteiger partial charge in [0.2, 0.25) is 0 Å². The summed E-state index contributed by atoms with van der Waals surface area (Å²) in [6.45, 7) is 0. The van der Waals surface area contributed by atoms with E-state index in [2.05, 4.69) is 15.9 Å². The largest absolute Gasteiger partial charge is 0.397 e. The van der Waals surface area contributed by atoms with E-state index in [-0.39, 0.29) is 0 Å². The number of alkyl halides is 1. The number of hydrogen-bond donors (Lipinski definition) is 1. The van der Waals surface area contributed by atoms with Gasteiger partial charge in [-0.2, -0.15) is 0 Å². The summed E-state index contributed by atoms with van der Waals surface area (Å²) in [5, 5.41) is 1.85. The van der Waals surface area contributed by atoms with Crippen LogP contribution in [0.4, 0.5) is 5.69 Å². The molecule has 1 aromatic rings. The first-order chi connectivity index (χ1) is 6.15. The van der Waals surface area contributed by atoms with E-state index >= 15 is 0 Å². The molecule has 4 heteroatoms. The van der Waals surface area contributed by atoms with Crippen molar-refractivity contribution in [1.29, 1.82) is 0 Å². The van der Waals surface area contributed by atoms with Gasteiger partial charge in [-0.3, -0.25) is 0 Å². The van der Waals surface area contributed by atoms with Gasteiger partial charge in [-0.05, 0) is 12.1 Å². The zero-order valence-electron chi connectivity index (χ0n) is 6.73. The van der Waals surface area contributed by atoms with Gasteiger partial charge in [-0.15, -0.1) is 0 Å². The second-order valence-corrected chi connectivity index (χ2v) is 3.94. The quantitative estimate of drug-likeness (QED) is 0.644. The van der Waals surface area contributed by atoms with E-state index in [4.69, 9.17) is 28.9 Å². The highest BCUT2D eigenvalue weighted by molar-refractivity contribution is 9.09. The van der Waals surface area contributed by atoms with Crippen molar-refractivity contribution in [2.24, 2.45) is 0 Å². The fourth-order valence-electron chi connectivity index (χ4n) is 0.914. The number of allylic oxidation sites excluding steroid dienone is 1. The van der Waals surface area contributed by atoms with Crippen LogP contribution in [0, 0.1) is 0 Å². The van der Waals surface area contributed by atoms with Crippen molar-refractivity contribution < 1.29 is 0 Å². The van der Waals surface area contributed by atoms with Crippen molar-refractivity contribution >= 4 is 50.9 Å². The average molecular weight is 281 g/mol. The van der Waals surface area contributed by atoms with Crippen molar-refractivity contribution in [3.63, 3.8) is 0 Å². The van der Waals surface area contributed by atoms with Crippen LogP contribution in [0.1, 0.15) is 5.56 Å².